The van der Waals surface area contributed by atoms with E-state index in [0.29, 0.717) is 17.3 Å². The summed E-state index contributed by atoms with van der Waals surface area (Å²) in [5.74, 6) is 1.16. The smallest absolute Gasteiger partial charge is 0.144 e. The molecule has 0 aromatic carbocycles. The summed E-state index contributed by atoms with van der Waals surface area (Å²) in [6, 6.07) is 3.45. The van der Waals surface area contributed by atoms with Gasteiger partial charge in [-0.15, -0.1) is 0 Å². The molecule has 0 fully saturated rings. The standard InChI is InChI=1S/C8H10N2O/c1-3-6-7(11-2)4-5-8(9)10-6/h3-5H,1H2,2H3,(H2,9,10). The second-order valence-electron chi connectivity index (χ2n) is 2.03. The highest BCUT2D eigenvalue weighted by atomic mass is 16.5. The van der Waals surface area contributed by atoms with Crippen molar-refractivity contribution in [3.8, 4) is 5.75 Å². The Kier molecular flexibility index (Phi) is 2.11. The van der Waals surface area contributed by atoms with E-state index in [1.807, 2.05) is 0 Å². The molecule has 1 heterocycles. The number of aromatic nitrogens is 1. The maximum absolute atomic E-state index is 5.44. The lowest BCUT2D eigenvalue weighted by Gasteiger charge is -2.03. The molecule has 2 N–H and O–H groups in total. The van der Waals surface area contributed by atoms with E-state index in [1.165, 1.54) is 0 Å². The van der Waals surface area contributed by atoms with Gasteiger partial charge in [0.05, 0.1) is 7.11 Å². The van der Waals surface area contributed by atoms with Crippen LogP contribution in [0.25, 0.3) is 6.08 Å². The van der Waals surface area contributed by atoms with Crippen molar-refractivity contribution in [3.63, 3.8) is 0 Å². The summed E-state index contributed by atoms with van der Waals surface area (Å²) in [6.45, 7) is 3.58. The van der Waals surface area contributed by atoms with E-state index >= 15 is 0 Å². The molecule has 58 valence electrons. The van der Waals surface area contributed by atoms with Gasteiger partial charge >= 0.3 is 0 Å². The van der Waals surface area contributed by atoms with Crippen molar-refractivity contribution in [2.75, 3.05) is 12.8 Å². The molecule has 0 bridgehead atoms. The molecule has 0 atom stereocenters. The second kappa shape index (κ2) is 3.05. The topological polar surface area (TPSA) is 48.1 Å². The fourth-order valence-electron chi connectivity index (χ4n) is 0.797. The van der Waals surface area contributed by atoms with Gasteiger partial charge in [0.2, 0.25) is 0 Å². The lowest BCUT2D eigenvalue weighted by molar-refractivity contribution is 0.412. The highest BCUT2D eigenvalue weighted by molar-refractivity contribution is 5.54. The Morgan fingerprint density at radius 3 is 2.91 bits per heavy atom. The normalized spacial score (nSPS) is 9.18. The van der Waals surface area contributed by atoms with Crippen LogP contribution in [0.3, 0.4) is 0 Å². The van der Waals surface area contributed by atoms with Crippen LogP contribution in [0.1, 0.15) is 5.69 Å². The third-order valence-corrected chi connectivity index (χ3v) is 1.32. The molecule has 0 unspecified atom stereocenters. The number of hydrogen-bond donors (Lipinski definition) is 1. The Labute approximate surface area is 65.5 Å². The van der Waals surface area contributed by atoms with Crippen molar-refractivity contribution in [2.45, 2.75) is 0 Å². The zero-order chi connectivity index (χ0) is 8.27. The fourth-order valence-corrected chi connectivity index (χ4v) is 0.797. The molecule has 1 aromatic rings. The van der Waals surface area contributed by atoms with Gasteiger partial charge in [0.1, 0.15) is 17.3 Å². The molecule has 1 aromatic heterocycles. The molecular formula is C8H10N2O. The Hall–Kier alpha value is -1.51. The van der Waals surface area contributed by atoms with E-state index < -0.39 is 0 Å². The van der Waals surface area contributed by atoms with Gasteiger partial charge in [0.25, 0.3) is 0 Å². The molecule has 0 spiro atoms. The molecular weight excluding hydrogens is 140 g/mol. The van der Waals surface area contributed by atoms with E-state index in [9.17, 15) is 0 Å². The first-order valence-electron chi connectivity index (χ1n) is 3.21. The fraction of sp³-hybridized carbons (Fsp3) is 0.125. The van der Waals surface area contributed by atoms with Crippen molar-refractivity contribution >= 4 is 11.9 Å². The molecule has 0 amide bonds. The molecule has 0 saturated carbocycles. The van der Waals surface area contributed by atoms with Gasteiger partial charge in [-0.3, -0.25) is 0 Å². The first-order chi connectivity index (χ1) is 5.27. The Bertz CT molecular complexity index is 271. The average Bonchev–Trinajstić information content (AvgIpc) is 2.04. The van der Waals surface area contributed by atoms with E-state index in [4.69, 9.17) is 10.5 Å². The molecule has 0 aliphatic rings. The van der Waals surface area contributed by atoms with Gasteiger partial charge < -0.3 is 10.5 Å². The second-order valence-corrected chi connectivity index (χ2v) is 2.03. The molecule has 1 rings (SSSR count). The Morgan fingerprint density at radius 2 is 2.36 bits per heavy atom. The molecule has 3 heteroatoms. The summed E-state index contributed by atoms with van der Waals surface area (Å²) in [4.78, 5) is 4.00. The van der Waals surface area contributed by atoms with Crippen molar-refractivity contribution < 1.29 is 4.74 Å². The number of pyridine rings is 1. The third-order valence-electron chi connectivity index (χ3n) is 1.32. The van der Waals surface area contributed by atoms with Crippen LogP contribution >= 0.6 is 0 Å². The first-order valence-corrected chi connectivity index (χ1v) is 3.21. The van der Waals surface area contributed by atoms with E-state index in [2.05, 4.69) is 11.6 Å². The summed E-state index contributed by atoms with van der Waals surface area (Å²) in [5.41, 5.74) is 6.12. The molecule has 0 saturated heterocycles. The number of nitrogen functional groups attached to an aromatic ring is 1. The maximum Gasteiger partial charge on any atom is 0.144 e. The number of hydrogen-bond acceptors (Lipinski definition) is 3. The molecule has 0 radical (unpaired) electrons. The summed E-state index contributed by atoms with van der Waals surface area (Å²) in [7, 11) is 1.58. The van der Waals surface area contributed by atoms with Crippen LogP contribution in [0, 0.1) is 0 Å². The minimum absolute atomic E-state index is 0.473. The maximum atomic E-state index is 5.44. The first kappa shape index (κ1) is 7.60. The number of rotatable bonds is 2. The number of ether oxygens (including phenoxy) is 1. The van der Waals surface area contributed by atoms with Gasteiger partial charge in [-0.05, 0) is 18.2 Å². The lowest BCUT2D eigenvalue weighted by Crippen LogP contribution is -1.94. The summed E-state index contributed by atoms with van der Waals surface area (Å²) >= 11 is 0. The summed E-state index contributed by atoms with van der Waals surface area (Å²) in [5, 5.41) is 0. The van der Waals surface area contributed by atoms with E-state index in [1.54, 1.807) is 25.3 Å². The van der Waals surface area contributed by atoms with Gasteiger partial charge in [-0.2, -0.15) is 0 Å². The summed E-state index contributed by atoms with van der Waals surface area (Å²) < 4.78 is 5.00. The van der Waals surface area contributed by atoms with Gasteiger partial charge in [-0.1, -0.05) is 6.58 Å². The number of anilines is 1. The van der Waals surface area contributed by atoms with E-state index in [0.717, 1.165) is 0 Å². The van der Waals surface area contributed by atoms with Crippen molar-refractivity contribution in [3.05, 3.63) is 24.4 Å². The van der Waals surface area contributed by atoms with Crippen LogP contribution in [0.15, 0.2) is 18.7 Å². The van der Waals surface area contributed by atoms with Crippen LogP contribution in [0.2, 0.25) is 0 Å². The molecule has 11 heavy (non-hydrogen) atoms. The minimum Gasteiger partial charge on any atom is -0.494 e. The van der Waals surface area contributed by atoms with Gasteiger partial charge in [-0.25, -0.2) is 4.98 Å². The molecule has 3 nitrogen and oxygen atoms in total. The lowest BCUT2D eigenvalue weighted by atomic mass is 10.3. The monoisotopic (exact) mass is 150 g/mol. The molecule has 0 aliphatic carbocycles. The van der Waals surface area contributed by atoms with Gasteiger partial charge in [0, 0.05) is 0 Å². The highest BCUT2D eigenvalue weighted by Crippen LogP contribution is 2.17. The largest absolute Gasteiger partial charge is 0.494 e. The average molecular weight is 150 g/mol. The zero-order valence-electron chi connectivity index (χ0n) is 6.37. The predicted octanol–water partition coefficient (Wildman–Crippen LogP) is 1.32. The Balaban J connectivity index is 3.16. The van der Waals surface area contributed by atoms with Crippen molar-refractivity contribution in [1.82, 2.24) is 4.98 Å². The minimum atomic E-state index is 0.473. The SMILES string of the molecule is C=Cc1nc(N)ccc1OC. The van der Waals surface area contributed by atoms with Crippen LogP contribution in [-0.4, -0.2) is 12.1 Å². The highest BCUT2D eigenvalue weighted by Gasteiger charge is 1.99. The zero-order valence-corrected chi connectivity index (χ0v) is 6.37. The number of nitrogens with two attached hydrogens (primary N) is 1. The summed E-state index contributed by atoms with van der Waals surface area (Å²) in [6.07, 6.45) is 1.61. The van der Waals surface area contributed by atoms with Crippen LogP contribution < -0.4 is 10.5 Å². The Morgan fingerprint density at radius 1 is 1.64 bits per heavy atom. The van der Waals surface area contributed by atoms with Crippen LogP contribution in [0.5, 0.6) is 5.75 Å². The quantitative estimate of drug-likeness (QED) is 0.691. The third kappa shape index (κ3) is 1.49. The molecule has 0 aliphatic heterocycles. The van der Waals surface area contributed by atoms with Crippen molar-refractivity contribution in [1.29, 1.82) is 0 Å². The number of nitrogens with zero attached hydrogens (tertiary/aromatic N) is 1. The number of methoxy groups -OCH3 is 1. The predicted molar refractivity (Wildman–Crippen MR) is 45.3 cm³/mol. The van der Waals surface area contributed by atoms with E-state index in [-0.39, 0.29) is 0 Å². The van der Waals surface area contributed by atoms with Gasteiger partial charge in [0.15, 0.2) is 0 Å². The van der Waals surface area contributed by atoms with Crippen molar-refractivity contribution in [2.24, 2.45) is 0 Å². The van der Waals surface area contributed by atoms with Crippen LogP contribution in [0.4, 0.5) is 5.82 Å². The van der Waals surface area contributed by atoms with Crippen LogP contribution in [-0.2, 0) is 0 Å².